The van der Waals surface area contributed by atoms with Crippen LogP contribution in [0.2, 0.25) is 0 Å². The molecule has 2 rings (SSSR count). The maximum atomic E-state index is 10.8. The van der Waals surface area contributed by atoms with Crippen LogP contribution in [0.15, 0.2) is 24.4 Å². The van der Waals surface area contributed by atoms with E-state index in [1.807, 2.05) is 35.7 Å². The Labute approximate surface area is 87.9 Å². The first kappa shape index (κ1) is 9.71. The van der Waals surface area contributed by atoms with Crippen molar-refractivity contribution in [3.05, 3.63) is 35.8 Å². The fourth-order valence-electron chi connectivity index (χ4n) is 1.50. The summed E-state index contributed by atoms with van der Waals surface area (Å²) >= 11 is 0. The van der Waals surface area contributed by atoms with Gasteiger partial charge in [0.05, 0.1) is 12.2 Å². The van der Waals surface area contributed by atoms with Gasteiger partial charge in [0.2, 0.25) is 5.91 Å². The molecule has 0 spiro atoms. The molecule has 4 heteroatoms. The summed E-state index contributed by atoms with van der Waals surface area (Å²) < 4.78 is 2.01. The van der Waals surface area contributed by atoms with Crippen LogP contribution in [-0.4, -0.2) is 15.3 Å². The number of hydrogen-bond donors (Lipinski definition) is 1. The van der Waals surface area contributed by atoms with Crippen LogP contribution in [0.4, 0.5) is 0 Å². The summed E-state index contributed by atoms with van der Waals surface area (Å²) in [6.07, 6.45) is 1.95. The molecule has 0 radical (unpaired) electrons. The maximum Gasteiger partial charge on any atom is 0.217 e. The van der Waals surface area contributed by atoms with E-state index in [0.29, 0.717) is 6.54 Å². The zero-order valence-corrected chi connectivity index (χ0v) is 8.82. The third kappa shape index (κ3) is 1.98. The van der Waals surface area contributed by atoms with Gasteiger partial charge in [0.15, 0.2) is 0 Å². The molecule has 0 aromatic carbocycles. The lowest BCUT2D eigenvalue weighted by molar-refractivity contribution is -0.119. The molecule has 1 amide bonds. The first-order chi connectivity index (χ1) is 7.16. The number of nitrogens with one attached hydrogen (secondary N) is 1. The van der Waals surface area contributed by atoms with E-state index in [4.69, 9.17) is 0 Å². The van der Waals surface area contributed by atoms with Crippen molar-refractivity contribution in [1.82, 2.24) is 14.7 Å². The van der Waals surface area contributed by atoms with Crippen molar-refractivity contribution in [2.24, 2.45) is 0 Å². The lowest BCUT2D eigenvalue weighted by atomic mass is 10.4. The molecule has 0 fully saturated rings. The number of fused-ring (bicyclic) bond motifs is 1. The number of carbonyl (C=O) groups is 1. The van der Waals surface area contributed by atoms with Crippen molar-refractivity contribution < 1.29 is 4.79 Å². The SMILES string of the molecule is CC(=O)NCc1cn2c(C)cccc2n1. The third-order valence-corrected chi connectivity index (χ3v) is 2.26. The number of aryl methyl sites for hydroxylation is 1. The molecule has 0 aliphatic rings. The largest absolute Gasteiger partial charge is 0.351 e. The minimum atomic E-state index is -0.0382. The van der Waals surface area contributed by atoms with E-state index < -0.39 is 0 Å². The van der Waals surface area contributed by atoms with Crippen LogP contribution in [0, 0.1) is 6.92 Å². The highest BCUT2D eigenvalue weighted by Gasteiger charge is 2.02. The van der Waals surface area contributed by atoms with Gasteiger partial charge >= 0.3 is 0 Å². The number of carbonyl (C=O) groups excluding carboxylic acids is 1. The predicted octanol–water partition coefficient (Wildman–Crippen LogP) is 1.28. The molecular weight excluding hydrogens is 190 g/mol. The highest BCUT2D eigenvalue weighted by Crippen LogP contribution is 2.07. The average molecular weight is 203 g/mol. The Morgan fingerprint density at radius 1 is 1.53 bits per heavy atom. The van der Waals surface area contributed by atoms with E-state index in [-0.39, 0.29) is 5.91 Å². The Hall–Kier alpha value is -1.84. The van der Waals surface area contributed by atoms with Gasteiger partial charge in [-0.2, -0.15) is 0 Å². The van der Waals surface area contributed by atoms with Gasteiger partial charge in [0.1, 0.15) is 5.65 Å². The van der Waals surface area contributed by atoms with Crippen LogP contribution in [-0.2, 0) is 11.3 Å². The fraction of sp³-hybridized carbons (Fsp3) is 0.273. The number of imidazole rings is 1. The van der Waals surface area contributed by atoms with Gasteiger partial charge in [0, 0.05) is 18.8 Å². The minimum Gasteiger partial charge on any atom is -0.351 e. The topological polar surface area (TPSA) is 46.4 Å². The van der Waals surface area contributed by atoms with Gasteiger partial charge in [-0.1, -0.05) is 6.07 Å². The third-order valence-electron chi connectivity index (χ3n) is 2.26. The number of hydrogen-bond acceptors (Lipinski definition) is 2. The molecule has 1 N–H and O–H groups in total. The summed E-state index contributed by atoms with van der Waals surface area (Å²) in [4.78, 5) is 15.1. The highest BCUT2D eigenvalue weighted by atomic mass is 16.1. The second-order valence-electron chi connectivity index (χ2n) is 3.54. The first-order valence-electron chi connectivity index (χ1n) is 4.85. The van der Waals surface area contributed by atoms with Crippen molar-refractivity contribution in [2.75, 3.05) is 0 Å². The molecule has 0 atom stereocenters. The number of pyridine rings is 1. The standard InChI is InChI=1S/C11H13N3O/c1-8-4-3-5-11-13-10(7-14(8)11)6-12-9(2)15/h3-5,7H,6H2,1-2H3,(H,12,15). The summed E-state index contributed by atoms with van der Waals surface area (Å²) in [5.74, 6) is -0.0382. The molecule has 0 saturated heterocycles. The van der Waals surface area contributed by atoms with Crippen molar-refractivity contribution in [3.8, 4) is 0 Å². The van der Waals surface area contributed by atoms with Gasteiger partial charge in [-0.25, -0.2) is 4.98 Å². The Morgan fingerprint density at radius 3 is 3.00 bits per heavy atom. The minimum absolute atomic E-state index is 0.0382. The van der Waals surface area contributed by atoms with Gasteiger partial charge in [0.25, 0.3) is 0 Å². The zero-order chi connectivity index (χ0) is 10.8. The van der Waals surface area contributed by atoms with E-state index in [1.165, 1.54) is 6.92 Å². The Kier molecular flexibility index (Phi) is 2.41. The van der Waals surface area contributed by atoms with Gasteiger partial charge in [-0.3, -0.25) is 4.79 Å². The summed E-state index contributed by atoms with van der Waals surface area (Å²) in [6, 6.07) is 5.95. The van der Waals surface area contributed by atoms with Gasteiger partial charge in [-0.15, -0.1) is 0 Å². The molecule has 2 aromatic rings. The number of aromatic nitrogens is 2. The average Bonchev–Trinajstić information content (AvgIpc) is 2.59. The number of nitrogens with zero attached hydrogens (tertiary/aromatic N) is 2. The van der Waals surface area contributed by atoms with Crippen LogP contribution in [0.5, 0.6) is 0 Å². The van der Waals surface area contributed by atoms with Crippen LogP contribution in [0.1, 0.15) is 18.3 Å². The molecule has 0 unspecified atom stereocenters. The normalized spacial score (nSPS) is 10.5. The molecular formula is C11H13N3O. The molecule has 78 valence electrons. The fourth-order valence-corrected chi connectivity index (χ4v) is 1.50. The van der Waals surface area contributed by atoms with Crippen LogP contribution < -0.4 is 5.32 Å². The van der Waals surface area contributed by atoms with Crippen molar-refractivity contribution in [2.45, 2.75) is 20.4 Å². The Balaban J connectivity index is 2.31. The second-order valence-corrected chi connectivity index (χ2v) is 3.54. The molecule has 0 bridgehead atoms. The quantitative estimate of drug-likeness (QED) is 0.799. The lowest BCUT2D eigenvalue weighted by Gasteiger charge is -1.96. The summed E-state index contributed by atoms with van der Waals surface area (Å²) in [7, 11) is 0. The van der Waals surface area contributed by atoms with E-state index in [1.54, 1.807) is 0 Å². The van der Waals surface area contributed by atoms with Crippen LogP contribution in [0.25, 0.3) is 5.65 Å². The number of rotatable bonds is 2. The highest BCUT2D eigenvalue weighted by molar-refractivity contribution is 5.72. The Bertz CT molecular complexity index is 502. The summed E-state index contributed by atoms with van der Waals surface area (Å²) in [5.41, 5.74) is 2.92. The van der Waals surface area contributed by atoms with E-state index in [9.17, 15) is 4.79 Å². The lowest BCUT2D eigenvalue weighted by Crippen LogP contribution is -2.18. The molecule has 15 heavy (non-hydrogen) atoms. The van der Waals surface area contributed by atoms with E-state index in [0.717, 1.165) is 17.0 Å². The van der Waals surface area contributed by atoms with Gasteiger partial charge < -0.3 is 9.72 Å². The molecule has 0 aliphatic carbocycles. The summed E-state index contributed by atoms with van der Waals surface area (Å²) in [5, 5.41) is 2.73. The van der Waals surface area contributed by atoms with Crippen molar-refractivity contribution in [1.29, 1.82) is 0 Å². The van der Waals surface area contributed by atoms with E-state index >= 15 is 0 Å². The molecule has 0 aliphatic heterocycles. The second kappa shape index (κ2) is 3.73. The smallest absolute Gasteiger partial charge is 0.217 e. The first-order valence-corrected chi connectivity index (χ1v) is 4.85. The predicted molar refractivity (Wildman–Crippen MR) is 57.4 cm³/mol. The maximum absolute atomic E-state index is 10.8. The molecule has 2 heterocycles. The van der Waals surface area contributed by atoms with Crippen LogP contribution >= 0.6 is 0 Å². The van der Waals surface area contributed by atoms with Gasteiger partial charge in [-0.05, 0) is 19.1 Å². The van der Waals surface area contributed by atoms with Crippen molar-refractivity contribution >= 4 is 11.6 Å². The zero-order valence-electron chi connectivity index (χ0n) is 8.82. The van der Waals surface area contributed by atoms with Crippen LogP contribution in [0.3, 0.4) is 0 Å². The summed E-state index contributed by atoms with van der Waals surface area (Å²) in [6.45, 7) is 4.01. The number of amides is 1. The monoisotopic (exact) mass is 203 g/mol. The molecule has 2 aromatic heterocycles. The molecule has 0 saturated carbocycles. The Morgan fingerprint density at radius 2 is 2.33 bits per heavy atom. The van der Waals surface area contributed by atoms with E-state index in [2.05, 4.69) is 10.3 Å². The van der Waals surface area contributed by atoms with Crippen molar-refractivity contribution in [3.63, 3.8) is 0 Å². The molecule has 4 nitrogen and oxygen atoms in total.